The molecule has 0 spiro atoms. The highest BCUT2D eigenvalue weighted by Gasteiger charge is 2.32. The van der Waals surface area contributed by atoms with Crippen LogP contribution in [0, 0.1) is 0 Å². The van der Waals surface area contributed by atoms with E-state index in [-0.39, 0.29) is 29.9 Å². The number of hydrogen-bond acceptors (Lipinski definition) is 6. The molecule has 1 aromatic heterocycles. The normalized spacial score (nSPS) is 11.9. The summed E-state index contributed by atoms with van der Waals surface area (Å²) in [5, 5.41) is 11.5. The number of carbonyl (C=O) groups is 1. The topological polar surface area (TPSA) is 113 Å². The Morgan fingerprint density at radius 2 is 1.84 bits per heavy atom. The van der Waals surface area contributed by atoms with Gasteiger partial charge in [0.05, 0.1) is 0 Å². The molecule has 0 atom stereocenters. The lowest BCUT2D eigenvalue weighted by Gasteiger charge is -2.19. The zero-order valence-corrected chi connectivity index (χ0v) is 20.4. The molecule has 178 valence electrons. The molecule has 1 aromatic rings. The molecule has 0 aliphatic rings. The van der Waals surface area contributed by atoms with Gasteiger partial charge in [-0.1, -0.05) is 0 Å². The zero-order valence-electron chi connectivity index (χ0n) is 18.1. The summed E-state index contributed by atoms with van der Waals surface area (Å²) in [6, 6.07) is 0.817. The lowest BCUT2D eigenvalue weighted by atomic mass is 10.2. The van der Waals surface area contributed by atoms with Crippen LogP contribution in [0.15, 0.2) is 17.3 Å². The van der Waals surface area contributed by atoms with E-state index in [4.69, 9.17) is 4.74 Å². The SMILES string of the molecule is CCNC(=NCCCNC(=O)OC(C)(C)C)NCCNc1nccc(C(F)(F)F)n1.I. The van der Waals surface area contributed by atoms with Crippen molar-refractivity contribution in [3.8, 4) is 0 Å². The Bertz CT molecular complexity index is 697. The smallest absolute Gasteiger partial charge is 0.433 e. The molecule has 31 heavy (non-hydrogen) atoms. The number of alkyl carbamates (subject to hydrolysis) is 1. The van der Waals surface area contributed by atoms with E-state index in [1.165, 1.54) is 0 Å². The molecule has 0 unspecified atom stereocenters. The van der Waals surface area contributed by atoms with E-state index in [9.17, 15) is 18.0 Å². The van der Waals surface area contributed by atoms with Crippen molar-refractivity contribution in [2.75, 3.05) is 38.0 Å². The number of amides is 1. The predicted molar refractivity (Wildman–Crippen MR) is 124 cm³/mol. The van der Waals surface area contributed by atoms with Crippen LogP contribution in [0.4, 0.5) is 23.9 Å². The lowest BCUT2D eigenvalue weighted by molar-refractivity contribution is -0.141. The zero-order chi connectivity index (χ0) is 22.6. The number of alkyl halides is 3. The molecule has 0 aliphatic carbocycles. The van der Waals surface area contributed by atoms with E-state index in [2.05, 4.69) is 36.2 Å². The van der Waals surface area contributed by atoms with Gasteiger partial charge in [0.2, 0.25) is 5.95 Å². The maximum absolute atomic E-state index is 12.7. The summed E-state index contributed by atoms with van der Waals surface area (Å²) in [6.45, 7) is 9.51. The third-order valence-corrected chi connectivity index (χ3v) is 3.26. The number of aromatic nitrogens is 2. The highest BCUT2D eigenvalue weighted by molar-refractivity contribution is 14.0. The van der Waals surface area contributed by atoms with Crippen molar-refractivity contribution in [1.29, 1.82) is 0 Å². The van der Waals surface area contributed by atoms with Gasteiger partial charge in [-0.15, -0.1) is 24.0 Å². The standard InChI is InChI=1S/C18H30F3N7O2.HI/c1-5-22-14(23-8-6-9-27-16(29)30-17(2,3)4)25-11-12-26-15-24-10-7-13(28-15)18(19,20)21;/h7,10H,5-6,8-9,11-12H2,1-4H3,(H,27,29)(H2,22,23,25)(H,24,26,28);1H. The van der Waals surface area contributed by atoms with Crippen LogP contribution >= 0.6 is 24.0 Å². The molecule has 0 aromatic carbocycles. The molecule has 9 nitrogen and oxygen atoms in total. The fraction of sp³-hybridized carbons (Fsp3) is 0.667. The molecule has 0 saturated heterocycles. The van der Waals surface area contributed by atoms with E-state index in [0.717, 1.165) is 12.3 Å². The minimum atomic E-state index is -4.51. The van der Waals surface area contributed by atoms with Crippen molar-refractivity contribution >= 4 is 42.0 Å². The molecule has 0 bridgehead atoms. The molecule has 0 radical (unpaired) electrons. The Morgan fingerprint density at radius 1 is 1.13 bits per heavy atom. The molecule has 1 heterocycles. The van der Waals surface area contributed by atoms with Crippen molar-refractivity contribution in [2.24, 2.45) is 4.99 Å². The van der Waals surface area contributed by atoms with E-state index >= 15 is 0 Å². The molecule has 1 amide bonds. The van der Waals surface area contributed by atoms with Crippen LogP contribution in [0.5, 0.6) is 0 Å². The van der Waals surface area contributed by atoms with Gasteiger partial charge in [-0.25, -0.2) is 14.8 Å². The van der Waals surface area contributed by atoms with Crippen molar-refractivity contribution in [2.45, 2.75) is 45.9 Å². The largest absolute Gasteiger partial charge is 0.444 e. The molecular formula is C18H31F3IN7O2. The summed E-state index contributed by atoms with van der Waals surface area (Å²) in [5.41, 5.74) is -1.54. The summed E-state index contributed by atoms with van der Waals surface area (Å²) in [6.07, 6.45) is -3.31. The number of guanidine groups is 1. The maximum atomic E-state index is 12.7. The predicted octanol–water partition coefficient (Wildman–Crippen LogP) is 3.00. The number of hydrogen-bond donors (Lipinski definition) is 4. The van der Waals surface area contributed by atoms with Gasteiger partial charge in [0, 0.05) is 38.9 Å². The molecular weight excluding hydrogens is 530 g/mol. The van der Waals surface area contributed by atoms with Crippen LogP contribution in [0.1, 0.15) is 39.8 Å². The fourth-order valence-electron chi connectivity index (χ4n) is 2.07. The summed E-state index contributed by atoms with van der Waals surface area (Å²) in [4.78, 5) is 23.1. The van der Waals surface area contributed by atoms with Gasteiger partial charge in [-0.3, -0.25) is 4.99 Å². The number of halogens is 4. The molecule has 0 aliphatic heterocycles. The van der Waals surface area contributed by atoms with E-state index < -0.39 is 23.6 Å². The summed E-state index contributed by atoms with van der Waals surface area (Å²) >= 11 is 0. The van der Waals surface area contributed by atoms with Crippen molar-refractivity contribution in [3.63, 3.8) is 0 Å². The Hall–Kier alpha value is -2.06. The van der Waals surface area contributed by atoms with Crippen LogP contribution in [0.3, 0.4) is 0 Å². The van der Waals surface area contributed by atoms with E-state index in [1.54, 1.807) is 20.8 Å². The van der Waals surface area contributed by atoms with Gasteiger partial charge in [0.1, 0.15) is 11.3 Å². The fourth-order valence-corrected chi connectivity index (χ4v) is 2.07. The lowest BCUT2D eigenvalue weighted by Crippen LogP contribution is -2.40. The average molecular weight is 561 g/mol. The van der Waals surface area contributed by atoms with Gasteiger partial charge < -0.3 is 26.0 Å². The first-order chi connectivity index (χ1) is 14.0. The first kappa shape index (κ1) is 28.9. The Kier molecular flexibility index (Phi) is 13.2. The third-order valence-electron chi connectivity index (χ3n) is 3.26. The molecule has 13 heteroatoms. The van der Waals surface area contributed by atoms with E-state index in [1.807, 2.05) is 6.92 Å². The average Bonchev–Trinajstić information content (AvgIpc) is 2.63. The summed E-state index contributed by atoms with van der Waals surface area (Å²) < 4.78 is 43.1. The Morgan fingerprint density at radius 3 is 2.45 bits per heavy atom. The molecule has 1 rings (SSSR count). The minimum absolute atomic E-state index is 0. The Labute approximate surface area is 197 Å². The highest BCUT2D eigenvalue weighted by Crippen LogP contribution is 2.27. The van der Waals surface area contributed by atoms with Crippen molar-refractivity contribution < 1.29 is 22.7 Å². The van der Waals surface area contributed by atoms with Gasteiger partial charge in [-0.2, -0.15) is 13.2 Å². The summed E-state index contributed by atoms with van der Waals surface area (Å²) in [7, 11) is 0. The quantitative estimate of drug-likeness (QED) is 0.159. The number of rotatable bonds is 9. The summed E-state index contributed by atoms with van der Waals surface area (Å²) in [5.74, 6) is 0.461. The highest BCUT2D eigenvalue weighted by atomic mass is 127. The minimum Gasteiger partial charge on any atom is -0.444 e. The first-order valence-electron chi connectivity index (χ1n) is 9.64. The molecule has 0 saturated carbocycles. The van der Waals surface area contributed by atoms with E-state index in [0.29, 0.717) is 45.1 Å². The van der Waals surface area contributed by atoms with Crippen molar-refractivity contribution in [3.05, 3.63) is 18.0 Å². The van der Waals surface area contributed by atoms with Crippen LogP contribution in [-0.2, 0) is 10.9 Å². The van der Waals surface area contributed by atoms with Crippen LogP contribution in [0.25, 0.3) is 0 Å². The second-order valence-corrected chi connectivity index (χ2v) is 7.16. The monoisotopic (exact) mass is 561 g/mol. The van der Waals surface area contributed by atoms with Crippen molar-refractivity contribution in [1.82, 2.24) is 25.9 Å². The third kappa shape index (κ3) is 13.8. The number of anilines is 1. The number of nitrogens with one attached hydrogen (secondary N) is 4. The van der Waals surface area contributed by atoms with Crippen LogP contribution in [-0.4, -0.2) is 60.3 Å². The number of aliphatic imine (C=N–C) groups is 1. The van der Waals surface area contributed by atoms with Gasteiger partial charge >= 0.3 is 12.3 Å². The van der Waals surface area contributed by atoms with Crippen LogP contribution in [0.2, 0.25) is 0 Å². The maximum Gasteiger partial charge on any atom is 0.433 e. The Balaban J connectivity index is 0.00000900. The molecule has 0 fully saturated rings. The van der Waals surface area contributed by atoms with Gasteiger partial charge in [0.15, 0.2) is 5.96 Å². The van der Waals surface area contributed by atoms with Gasteiger partial charge in [0.25, 0.3) is 0 Å². The van der Waals surface area contributed by atoms with Gasteiger partial charge in [-0.05, 0) is 40.2 Å². The number of carbonyl (C=O) groups excluding carboxylic acids is 1. The van der Waals surface area contributed by atoms with Crippen LogP contribution < -0.4 is 21.3 Å². The first-order valence-corrected chi connectivity index (χ1v) is 9.64. The second kappa shape index (κ2) is 14.1. The number of nitrogens with zero attached hydrogens (tertiary/aromatic N) is 3. The number of ether oxygens (including phenoxy) is 1. The molecule has 4 N–H and O–H groups in total. The second-order valence-electron chi connectivity index (χ2n) is 7.16.